The molecule has 1 aliphatic rings. The summed E-state index contributed by atoms with van der Waals surface area (Å²) in [5.41, 5.74) is 16.6. The fourth-order valence-corrected chi connectivity index (χ4v) is 7.84. The van der Waals surface area contributed by atoms with Crippen LogP contribution in [0.2, 0.25) is 0 Å². The van der Waals surface area contributed by atoms with Crippen molar-refractivity contribution >= 4 is 10.8 Å². The molecule has 1 nitrogen and oxygen atoms in total. The lowest BCUT2D eigenvalue weighted by Crippen LogP contribution is -2.15. The van der Waals surface area contributed by atoms with Crippen molar-refractivity contribution in [3.63, 3.8) is 0 Å². The molecule has 8 aromatic rings. The van der Waals surface area contributed by atoms with E-state index in [0.717, 1.165) is 22.5 Å². The van der Waals surface area contributed by atoms with Crippen LogP contribution >= 0.6 is 0 Å². The highest BCUT2D eigenvalue weighted by Gasteiger charge is 2.38. The van der Waals surface area contributed by atoms with E-state index in [1.807, 2.05) is 0 Å². The molecule has 1 heteroatoms. The van der Waals surface area contributed by atoms with E-state index >= 15 is 0 Å². The molecule has 1 heterocycles. The Morgan fingerprint density at radius 1 is 0.388 bits per heavy atom. The van der Waals surface area contributed by atoms with Crippen LogP contribution in [0.5, 0.6) is 0 Å². The van der Waals surface area contributed by atoms with Crippen LogP contribution < -0.4 is 0 Å². The third-order valence-corrected chi connectivity index (χ3v) is 10.2. The zero-order valence-electron chi connectivity index (χ0n) is 27.7. The minimum atomic E-state index is -0.131. The quantitative estimate of drug-likeness (QED) is 0.185. The Morgan fingerprint density at radius 3 is 1.53 bits per heavy atom. The number of fused-ring (bicyclic) bond motifs is 5. The summed E-state index contributed by atoms with van der Waals surface area (Å²) in [6.07, 6.45) is 0. The van der Waals surface area contributed by atoms with Crippen molar-refractivity contribution in [2.24, 2.45) is 0 Å². The number of benzene rings is 7. The summed E-state index contributed by atoms with van der Waals surface area (Å²) in [4.78, 5) is 5.40. The van der Waals surface area contributed by atoms with Crippen molar-refractivity contribution in [1.29, 1.82) is 0 Å². The molecule has 0 bridgehead atoms. The summed E-state index contributed by atoms with van der Waals surface area (Å²) in [5, 5.41) is 2.58. The second kappa shape index (κ2) is 11.6. The molecular formula is C48H35N. The Morgan fingerprint density at radius 2 is 0.898 bits per heavy atom. The van der Waals surface area contributed by atoms with E-state index in [-0.39, 0.29) is 5.41 Å². The van der Waals surface area contributed by atoms with E-state index in [1.165, 1.54) is 66.4 Å². The Labute approximate surface area is 288 Å². The van der Waals surface area contributed by atoms with Crippen LogP contribution in [0.4, 0.5) is 0 Å². The maximum Gasteiger partial charge on any atom is 0.0715 e. The van der Waals surface area contributed by atoms with Crippen molar-refractivity contribution in [2.75, 3.05) is 0 Å². The highest BCUT2D eigenvalue weighted by atomic mass is 14.7. The molecule has 0 atom stereocenters. The smallest absolute Gasteiger partial charge is 0.0715 e. The number of nitrogens with zero attached hydrogens (tertiary/aromatic N) is 1. The van der Waals surface area contributed by atoms with E-state index in [4.69, 9.17) is 4.98 Å². The van der Waals surface area contributed by atoms with Crippen LogP contribution in [0, 0.1) is 0 Å². The lowest BCUT2D eigenvalue weighted by molar-refractivity contribution is 0.666. The van der Waals surface area contributed by atoms with Gasteiger partial charge in [0, 0.05) is 16.5 Å². The van der Waals surface area contributed by atoms with Gasteiger partial charge in [-0.3, -0.25) is 0 Å². The van der Waals surface area contributed by atoms with E-state index in [0.29, 0.717) is 0 Å². The van der Waals surface area contributed by atoms with Crippen LogP contribution in [0.1, 0.15) is 25.0 Å². The molecule has 0 saturated carbocycles. The topological polar surface area (TPSA) is 12.9 Å². The number of pyridine rings is 1. The zero-order chi connectivity index (χ0) is 33.0. The number of aromatic nitrogens is 1. The molecule has 0 unspecified atom stereocenters. The zero-order valence-corrected chi connectivity index (χ0v) is 27.7. The van der Waals surface area contributed by atoms with Gasteiger partial charge in [-0.15, -0.1) is 0 Å². The summed E-state index contributed by atoms with van der Waals surface area (Å²) in [5.74, 6) is 0. The van der Waals surface area contributed by atoms with Crippen LogP contribution in [0.15, 0.2) is 176 Å². The molecule has 0 radical (unpaired) electrons. The molecule has 1 aliphatic carbocycles. The van der Waals surface area contributed by atoms with Gasteiger partial charge in [-0.25, -0.2) is 4.98 Å². The van der Waals surface area contributed by atoms with Gasteiger partial charge in [0.15, 0.2) is 0 Å². The van der Waals surface area contributed by atoms with Crippen LogP contribution in [-0.4, -0.2) is 4.98 Å². The summed E-state index contributed by atoms with van der Waals surface area (Å²) in [6.45, 7) is 4.75. The normalized spacial score (nSPS) is 12.9. The van der Waals surface area contributed by atoms with Gasteiger partial charge in [-0.1, -0.05) is 159 Å². The SMILES string of the molecule is CC1(C)c2ccccc2-c2c(-c3cc(-c4cccc(-c5ccccc5)c4)nc(-c4cccc(-c5ccccc5)c4)c3)cc3ccccc3c21. The molecule has 49 heavy (non-hydrogen) atoms. The van der Waals surface area contributed by atoms with Gasteiger partial charge in [0.25, 0.3) is 0 Å². The Kier molecular flexibility index (Phi) is 6.88. The minimum Gasteiger partial charge on any atom is -0.248 e. The second-order valence-electron chi connectivity index (χ2n) is 13.6. The standard InChI is InChI=1S/C48H35N/c1-48(2)43-26-12-11-25-41(43)46-42(29-36-19-9-10-24-40(36)47(46)48)39-30-44(37-22-13-20-34(27-37)32-15-5-3-6-16-32)49-45(31-39)38-23-14-21-35(28-38)33-17-7-4-8-18-33/h3-31H,1-2H3. The summed E-state index contributed by atoms with van der Waals surface area (Å²) >= 11 is 0. The summed E-state index contributed by atoms with van der Waals surface area (Å²) < 4.78 is 0. The average Bonchev–Trinajstić information content (AvgIpc) is 3.42. The molecule has 1 aromatic heterocycles. The minimum absolute atomic E-state index is 0.131. The van der Waals surface area contributed by atoms with Gasteiger partial charge < -0.3 is 0 Å². The monoisotopic (exact) mass is 625 g/mol. The highest BCUT2D eigenvalue weighted by molar-refractivity contribution is 6.05. The maximum absolute atomic E-state index is 5.40. The number of rotatable bonds is 5. The Hall–Kier alpha value is -6.05. The molecule has 0 spiro atoms. The lowest BCUT2D eigenvalue weighted by atomic mass is 9.79. The first kappa shape index (κ1) is 29.1. The molecule has 232 valence electrons. The predicted octanol–water partition coefficient (Wildman–Crippen LogP) is 12.9. The van der Waals surface area contributed by atoms with Crippen molar-refractivity contribution < 1.29 is 0 Å². The molecule has 7 aromatic carbocycles. The lowest BCUT2D eigenvalue weighted by Gasteiger charge is -2.24. The van der Waals surface area contributed by atoms with Crippen molar-refractivity contribution in [2.45, 2.75) is 19.3 Å². The average molecular weight is 626 g/mol. The second-order valence-corrected chi connectivity index (χ2v) is 13.6. The fourth-order valence-electron chi connectivity index (χ4n) is 7.84. The van der Waals surface area contributed by atoms with Crippen LogP contribution in [-0.2, 0) is 5.41 Å². The molecule has 0 saturated heterocycles. The Bertz CT molecular complexity index is 2410. The van der Waals surface area contributed by atoms with Gasteiger partial charge >= 0.3 is 0 Å². The molecule has 0 fully saturated rings. The molecule has 0 aliphatic heterocycles. The highest BCUT2D eigenvalue weighted by Crippen LogP contribution is 2.55. The molecule has 0 amide bonds. The Balaban J connectivity index is 1.32. The third kappa shape index (κ3) is 4.98. The van der Waals surface area contributed by atoms with Gasteiger partial charge in [0.05, 0.1) is 11.4 Å². The van der Waals surface area contributed by atoms with Gasteiger partial charge in [0.1, 0.15) is 0 Å². The van der Waals surface area contributed by atoms with E-state index in [2.05, 4.69) is 190 Å². The largest absolute Gasteiger partial charge is 0.248 e. The molecule has 9 rings (SSSR count). The van der Waals surface area contributed by atoms with Crippen LogP contribution in [0.25, 0.3) is 77.8 Å². The van der Waals surface area contributed by atoms with Crippen molar-refractivity contribution in [1.82, 2.24) is 4.98 Å². The first-order valence-corrected chi connectivity index (χ1v) is 17.0. The van der Waals surface area contributed by atoms with Crippen molar-refractivity contribution in [3.8, 4) is 67.0 Å². The molecular weight excluding hydrogens is 591 g/mol. The molecule has 0 N–H and O–H groups in total. The number of hydrogen-bond donors (Lipinski definition) is 0. The first-order valence-electron chi connectivity index (χ1n) is 17.0. The number of hydrogen-bond acceptors (Lipinski definition) is 1. The predicted molar refractivity (Wildman–Crippen MR) is 206 cm³/mol. The van der Waals surface area contributed by atoms with E-state index < -0.39 is 0 Å². The van der Waals surface area contributed by atoms with E-state index in [1.54, 1.807) is 0 Å². The first-order chi connectivity index (χ1) is 24.0. The van der Waals surface area contributed by atoms with Gasteiger partial charge in [-0.05, 0) is 96.7 Å². The van der Waals surface area contributed by atoms with Crippen LogP contribution in [0.3, 0.4) is 0 Å². The van der Waals surface area contributed by atoms with Crippen molar-refractivity contribution in [3.05, 3.63) is 187 Å². The maximum atomic E-state index is 5.40. The fraction of sp³-hybridized carbons (Fsp3) is 0.0625. The van der Waals surface area contributed by atoms with Gasteiger partial charge in [-0.2, -0.15) is 0 Å². The van der Waals surface area contributed by atoms with Gasteiger partial charge in [0.2, 0.25) is 0 Å². The summed E-state index contributed by atoms with van der Waals surface area (Å²) in [7, 11) is 0. The summed E-state index contributed by atoms with van der Waals surface area (Å²) in [6, 6.07) is 63.6. The third-order valence-electron chi connectivity index (χ3n) is 10.2. The van der Waals surface area contributed by atoms with E-state index in [9.17, 15) is 0 Å².